The fourth-order valence-electron chi connectivity index (χ4n) is 4.70. The summed E-state index contributed by atoms with van der Waals surface area (Å²) in [4.78, 5) is 31.3. The first-order chi connectivity index (χ1) is 14.1. The number of carbonyl (C=O) groups excluding carboxylic acids is 2. The molecule has 29 heavy (non-hydrogen) atoms. The largest absolute Gasteiger partial charge is 0.493 e. The van der Waals surface area contributed by atoms with Crippen molar-refractivity contribution in [3.63, 3.8) is 0 Å². The van der Waals surface area contributed by atoms with E-state index in [0.29, 0.717) is 23.5 Å². The van der Waals surface area contributed by atoms with Gasteiger partial charge in [0.25, 0.3) is 5.91 Å². The van der Waals surface area contributed by atoms with Crippen LogP contribution in [0.5, 0.6) is 11.5 Å². The van der Waals surface area contributed by atoms with Crippen molar-refractivity contribution in [3.05, 3.63) is 58.8 Å². The highest BCUT2D eigenvalue weighted by atomic mass is 16.5. The Balaban J connectivity index is 1.80. The molecule has 1 amide bonds. The van der Waals surface area contributed by atoms with Gasteiger partial charge in [0, 0.05) is 23.0 Å². The van der Waals surface area contributed by atoms with Gasteiger partial charge in [-0.1, -0.05) is 24.3 Å². The minimum absolute atomic E-state index is 0.263. The van der Waals surface area contributed by atoms with Crippen molar-refractivity contribution < 1.29 is 23.8 Å². The highest BCUT2D eigenvalue weighted by Gasteiger charge is 2.51. The van der Waals surface area contributed by atoms with Crippen LogP contribution in [0, 0.1) is 0 Å². The van der Waals surface area contributed by atoms with Gasteiger partial charge in [-0.25, -0.2) is 4.79 Å². The van der Waals surface area contributed by atoms with Crippen molar-refractivity contribution in [1.29, 1.82) is 0 Å². The molecule has 0 spiro atoms. The van der Waals surface area contributed by atoms with Gasteiger partial charge in [0.1, 0.15) is 6.04 Å². The predicted molar refractivity (Wildman–Crippen MR) is 105 cm³/mol. The number of esters is 1. The molecular formula is C22H20N2O5. The van der Waals surface area contributed by atoms with Crippen LogP contribution >= 0.6 is 0 Å². The third-order valence-electron chi connectivity index (χ3n) is 5.93. The molecule has 7 heteroatoms. The van der Waals surface area contributed by atoms with Gasteiger partial charge in [0.05, 0.1) is 32.9 Å². The van der Waals surface area contributed by atoms with Crippen molar-refractivity contribution >= 4 is 22.8 Å². The highest BCUT2D eigenvalue weighted by Crippen LogP contribution is 2.50. The van der Waals surface area contributed by atoms with Crippen molar-refractivity contribution in [2.24, 2.45) is 0 Å². The molecule has 3 heterocycles. The van der Waals surface area contributed by atoms with Gasteiger partial charge in [-0.15, -0.1) is 0 Å². The van der Waals surface area contributed by atoms with Crippen molar-refractivity contribution in [3.8, 4) is 11.5 Å². The maximum absolute atomic E-state index is 13.5. The smallest absolute Gasteiger partial charge is 0.328 e. The van der Waals surface area contributed by atoms with Gasteiger partial charge < -0.3 is 24.1 Å². The number of nitrogens with one attached hydrogen (secondary N) is 1. The van der Waals surface area contributed by atoms with E-state index in [1.54, 1.807) is 11.0 Å². The van der Waals surface area contributed by atoms with Gasteiger partial charge in [-0.2, -0.15) is 0 Å². The van der Waals surface area contributed by atoms with Crippen LogP contribution in [-0.2, 0) is 16.0 Å². The van der Waals surface area contributed by atoms with Gasteiger partial charge in [-0.3, -0.25) is 4.79 Å². The number of ether oxygens (including phenoxy) is 3. The molecule has 2 aliphatic rings. The van der Waals surface area contributed by atoms with Crippen LogP contribution in [0.1, 0.15) is 33.2 Å². The second-order valence-electron chi connectivity index (χ2n) is 7.19. The summed E-state index contributed by atoms with van der Waals surface area (Å²) in [6, 6.07) is 10.5. The summed E-state index contributed by atoms with van der Waals surface area (Å²) in [6.07, 6.45) is 0.391. The van der Waals surface area contributed by atoms with E-state index in [2.05, 4.69) is 4.98 Å². The fraction of sp³-hybridized carbons (Fsp3) is 0.273. The molecule has 0 aliphatic carbocycles. The lowest BCUT2D eigenvalue weighted by atomic mass is 9.90. The number of para-hydroxylation sites is 1. The number of methoxy groups -OCH3 is 3. The number of benzene rings is 2. The van der Waals surface area contributed by atoms with Crippen LogP contribution in [0.4, 0.5) is 0 Å². The minimum Gasteiger partial charge on any atom is -0.493 e. The molecule has 5 rings (SSSR count). The first-order valence-electron chi connectivity index (χ1n) is 9.35. The molecule has 148 valence electrons. The maximum Gasteiger partial charge on any atom is 0.328 e. The Hall–Kier alpha value is -3.48. The Bertz CT molecular complexity index is 1170. The molecular weight excluding hydrogens is 372 g/mol. The van der Waals surface area contributed by atoms with Gasteiger partial charge in [0.15, 0.2) is 11.5 Å². The summed E-state index contributed by atoms with van der Waals surface area (Å²) in [6.45, 7) is 0. The number of hydrogen-bond acceptors (Lipinski definition) is 5. The van der Waals surface area contributed by atoms with Crippen LogP contribution in [-0.4, -0.2) is 49.1 Å². The lowest BCUT2D eigenvalue weighted by Gasteiger charge is -2.36. The number of fused-ring (bicyclic) bond motifs is 7. The van der Waals surface area contributed by atoms with Gasteiger partial charge in [0.2, 0.25) is 0 Å². The van der Waals surface area contributed by atoms with E-state index in [4.69, 9.17) is 14.2 Å². The summed E-state index contributed by atoms with van der Waals surface area (Å²) >= 11 is 0. The van der Waals surface area contributed by atoms with E-state index in [-0.39, 0.29) is 5.91 Å². The standard InChI is InChI=1S/C22H20N2O5/c1-27-16-9-8-12-17(20(16)28-2)21(25)24-15(22(26)29-3)10-13-11-6-4-5-7-14(11)23-18(13)19(12)24/h4-9,15,19,23H,10H2,1-3H3. The number of aromatic amines is 1. The molecule has 0 bridgehead atoms. The highest BCUT2D eigenvalue weighted by molar-refractivity contribution is 6.06. The van der Waals surface area contributed by atoms with Crippen LogP contribution in [0.3, 0.4) is 0 Å². The zero-order chi connectivity index (χ0) is 20.3. The molecule has 0 saturated carbocycles. The normalized spacial score (nSPS) is 19.6. The van der Waals surface area contributed by atoms with Crippen LogP contribution in [0.2, 0.25) is 0 Å². The summed E-state index contributed by atoms with van der Waals surface area (Å²) < 4.78 is 16.0. The SMILES string of the molecule is COC(=O)C1Cc2c([nH]c3ccccc23)C2c3ccc(OC)c(OC)c3C(=O)N12. The maximum atomic E-state index is 13.5. The molecule has 0 fully saturated rings. The van der Waals surface area contributed by atoms with Crippen molar-refractivity contribution in [1.82, 2.24) is 9.88 Å². The molecule has 2 unspecified atom stereocenters. The molecule has 0 radical (unpaired) electrons. The molecule has 2 atom stereocenters. The minimum atomic E-state index is -0.715. The van der Waals surface area contributed by atoms with E-state index in [9.17, 15) is 9.59 Å². The number of nitrogens with zero attached hydrogens (tertiary/aromatic N) is 1. The molecule has 3 aromatic rings. The molecule has 7 nitrogen and oxygen atoms in total. The van der Waals surface area contributed by atoms with E-state index >= 15 is 0 Å². The molecule has 1 N–H and O–H groups in total. The average molecular weight is 392 g/mol. The fourth-order valence-corrected chi connectivity index (χ4v) is 4.70. The zero-order valence-electron chi connectivity index (χ0n) is 16.3. The van der Waals surface area contributed by atoms with E-state index in [0.717, 1.165) is 27.7 Å². The topological polar surface area (TPSA) is 80.9 Å². The third kappa shape index (κ3) is 2.24. The summed E-state index contributed by atoms with van der Waals surface area (Å²) in [5.41, 5.74) is 4.15. The second kappa shape index (κ2) is 6.27. The Labute approximate surface area is 167 Å². The number of H-pyrrole nitrogens is 1. The quantitative estimate of drug-likeness (QED) is 0.694. The second-order valence-corrected chi connectivity index (χ2v) is 7.19. The Kier molecular flexibility index (Phi) is 3.81. The Morgan fingerprint density at radius 2 is 1.90 bits per heavy atom. The zero-order valence-corrected chi connectivity index (χ0v) is 16.3. The molecule has 1 aromatic heterocycles. The van der Waals surface area contributed by atoms with E-state index < -0.39 is 18.1 Å². The monoisotopic (exact) mass is 392 g/mol. The Morgan fingerprint density at radius 1 is 1.10 bits per heavy atom. The summed E-state index contributed by atoms with van der Waals surface area (Å²) in [5, 5.41) is 1.05. The van der Waals surface area contributed by atoms with Crippen LogP contribution in [0.25, 0.3) is 10.9 Å². The number of aromatic nitrogens is 1. The first kappa shape index (κ1) is 17.6. The summed E-state index contributed by atoms with van der Waals surface area (Å²) in [5.74, 6) is 0.162. The number of rotatable bonds is 3. The Morgan fingerprint density at radius 3 is 2.62 bits per heavy atom. The number of amides is 1. The number of carbonyl (C=O) groups is 2. The van der Waals surface area contributed by atoms with Crippen molar-refractivity contribution in [2.75, 3.05) is 21.3 Å². The third-order valence-corrected chi connectivity index (χ3v) is 5.93. The molecule has 2 aliphatic heterocycles. The molecule has 2 aromatic carbocycles. The van der Waals surface area contributed by atoms with Gasteiger partial charge in [-0.05, 0) is 23.3 Å². The van der Waals surface area contributed by atoms with Crippen LogP contribution in [0.15, 0.2) is 36.4 Å². The lowest BCUT2D eigenvalue weighted by molar-refractivity contribution is -0.146. The predicted octanol–water partition coefficient (Wildman–Crippen LogP) is 2.83. The van der Waals surface area contributed by atoms with E-state index in [1.165, 1.54) is 21.3 Å². The average Bonchev–Trinajstić information content (AvgIpc) is 3.27. The van der Waals surface area contributed by atoms with E-state index in [1.807, 2.05) is 30.3 Å². The molecule has 0 saturated heterocycles. The van der Waals surface area contributed by atoms with Crippen LogP contribution < -0.4 is 9.47 Å². The summed E-state index contributed by atoms with van der Waals surface area (Å²) in [7, 11) is 4.39. The first-order valence-corrected chi connectivity index (χ1v) is 9.35. The van der Waals surface area contributed by atoms with Crippen molar-refractivity contribution in [2.45, 2.75) is 18.5 Å². The number of hydrogen-bond donors (Lipinski definition) is 1. The lowest BCUT2D eigenvalue weighted by Crippen LogP contribution is -2.48. The van der Waals surface area contributed by atoms with Gasteiger partial charge >= 0.3 is 5.97 Å².